The monoisotopic (exact) mass is 431 g/mol. The second kappa shape index (κ2) is 7.98. The highest BCUT2D eigenvalue weighted by Crippen LogP contribution is 2.34. The van der Waals surface area contributed by atoms with Crippen molar-refractivity contribution in [3.05, 3.63) is 64.6 Å². The van der Waals surface area contributed by atoms with Crippen LogP contribution in [0.25, 0.3) is 10.2 Å². The number of carbonyl (C=O) groups excluding carboxylic acids is 1. The fourth-order valence-electron chi connectivity index (χ4n) is 2.56. The molecule has 2 heterocycles. The molecule has 2 aromatic carbocycles. The average Bonchev–Trinajstić information content (AvgIpc) is 3.26. The Morgan fingerprint density at radius 1 is 1.19 bits per heavy atom. The summed E-state index contributed by atoms with van der Waals surface area (Å²) in [5.41, 5.74) is 2.66. The molecule has 0 radical (unpaired) electrons. The standard InChI is InChI=1S/C19H14ClN3OS3/c1-12(24)23(15-6-4-5-13(20)9-15)18-21-14(10-25-18)11-26-19-22-16-7-2-3-8-17(16)27-19/h2-10H,11H2,1H3. The van der Waals surface area contributed by atoms with Crippen molar-refractivity contribution in [3.63, 3.8) is 0 Å². The molecule has 0 atom stereocenters. The van der Waals surface area contributed by atoms with E-state index in [0.29, 0.717) is 15.9 Å². The van der Waals surface area contributed by atoms with Crippen molar-refractivity contribution in [2.24, 2.45) is 0 Å². The van der Waals surface area contributed by atoms with Crippen LogP contribution in [0.2, 0.25) is 5.02 Å². The van der Waals surface area contributed by atoms with E-state index in [-0.39, 0.29) is 5.91 Å². The number of fused-ring (bicyclic) bond motifs is 1. The third-order valence-corrected chi connectivity index (χ3v) is 7.05. The lowest BCUT2D eigenvalue weighted by molar-refractivity contribution is -0.115. The molecule has 0 saturated heterocycles. The molecular formula is C19H14ClN3OS3. The van der Waals surface area contributed by atoms with Gasteiger partial charge in [0.1, 0.15) is 0 Å². The van der Waals surface area contributed by atoms with Crippen LogP contribution in [0.1, 0.15) is 12.6 Å². The van der Waals surface area contributed by atoms with Crippen molar-refractivity contribution in [1.82, 2.24) is 9.97 Å². The van der Waals surface area contributed by atoms with Crippen LogP contribution in [-0.2, 0) is 10.5 Å². The molecule has 4 aromatic rings. The number of amides is 1. The Bertz CT molecular complexity index is 1080. The number of anilines is 2. The Balaban J connectivity index is 1.52. The molecule has 0 aliphatic heterocycles. The second-order valence-corrected chi connectivity index (χ2v) is 9.22. The number of aromatic nitrogens is 2. The van der Waals surface area contributed by atoms with Crippen LogP contribution in [0.4, 0.5) is 10.8 Å². The molecule has 4 nitrogen and oxygen atoms in total. The van der Waals surface area contributed by atoms with Crippen molar-refractivity contribution in [2.45, 2.75) is 17.0 Å². The van der Waals surface area contributed by atoms with Gasteiger partial charge in [-0.3, -0.25) is 9.69 Å². The fraction of sp³-hybridized carbons (Fsp3) is 0.105. The zero-order valence-corrected chi connectivity index (χ0v) is 17.5. The maximum atomic E-state index is 12.2. The number of benzene rings is 2. The lowest BCUT2D eigenvalue weighted by Gasteiger charge is -2.18. The van der Waals surface area contributed by atoms with Gasteiger partial charge in [-0.25, -0.2) is 9.97 Å². The number of thiazole rings is 2. The predicted octanol–water partition coefficient (Wildman–Crippen LogP) is 6.38. The Morgan fingerprint density at radius 2 is 2.04 bits per heavy atom. The summed E-state index contributed by atoms with van der Waals surface area (Å²) in [6.45, 7) is 1.53. The molecule has 0 saturated carbocycles. The maximum Gasteiger partial charge on any atom is 0.230 e. The molecular weight excluding hydrogens is 418 g/mol. The van der Waals surface area contributed by atoms with Crippen LogP contribution in [-0.4, -0.2) is 15.9 Å². The van der Waals surface area contributed by atoms with Gasteiger partial charge in [-0.05, 0) is 30.3 Å². The normalized spacial score (nSPS) is 11.0. The number of thioether (sulfide) groups is 1. The van der Waals surface area contributed by atoms with Gasteiger partial charge in [0.2, 0.25) is 5.91 Å². The van der Waals surface area contributed by atoms with Gasteiger partial charge in [-0.15, -0.1) is 22.7 Å². The molecule has 8 heteroatoms. The first-order valence-corrected chi connectivity index (χ1v) is 11.1. The lowest BCUT2D eigenvalue weighted by atomic mass is 10.3. The highest BCUT2D eigenvalue weighted by Gasteiger charge is 2.18. The number of hydrogen-bond acceptors (Lipinski definition) is 6. The highest BCUT2D eigenvalue weighted by molar-refractivity contribution is 8.00. The number of carbonyl (C=O) groups is 1. The van der Waals surface area contributed by atoms with E-state index < -0.39 is 0 Å². The molecule has 1 amide bonds. The van der Waals surface area contributed by atoms with Crippen molar-refractivity contribution < 1.29 is 4.79 Å². The Labute approximate surface area is 173 Å². The van der Waals surface area contributed by atoms with Crippen molar-refractivity contribution in [2.75, 3.05) is 4.90 Å². The second-order valence-electron chi connectivity index (χ2n) is 5.69. The minimum atomic E-state index is -0.100. The van der Waals surface area contributed by atoms with Crippen LogP contribution in [0.15, 0.2) is 58.3 Å². The van der Waals surface area contributed by atoms with E-state index in [9.17, 15) is 4.79 Å². The number of hydrogen-bond donors (Lipinski definition) is 0. The summed E-state index contributed by atoms with van der Waals surface area (Å²) in [6, 6.07) is 15.3. The van der Waals surface area contributed by atoms with Crippen LogP contribution in [0.5, 0.6) is 0 Å². The molecule has 0 aliphatic rings. The van der Waals surface area contributed by atoms with Gasteiger partial charge < -0.3 is 0 Å². The Morgan fingerprint density at radius 3 is 2.81 bits per heavy atom. The summed E-state index contributed by atoms with van der Waals surface area (Å²) in [7, 11) is 0. The molecule has 0 fully saturated rings. The zero-order chi connectivity index (χ0) is 18.8. The van der Waals surface area contributed by atoms with Crippen LogP contribution in [0.3, 0.4) is 0 Å². The first kappa shape index (κ1) is 18.4. The van der Waals surface area contributed by atoms with Crippen molar-refractivity contribution in [3.8, 4) is 0 Å². The van der Waals surface area contributed by atoms with Crippen LogP contribution < -0.4 is 4.90 Å². The fourth-order valence-corrected chi connectivity index (χ4v) is 5.69. The lowest BCUT2D eigenvalue weighted by Crippen LogP contribution is -2.22. The molecule has 4 rings (SSSR count). The summed E-state index contributed by atoms with van der Waals surface area (Å²) < 4.78 is 2.20. The third-order valence-electron chi connectivity index (χ3n) is 3.73. The number of rotatable bonds is 5. The van der Waals surface area contributed by atoms with Gasteiger partial charge in [0.05, 0.1) is 21.6 Å². The van der Waals surface area contributed by atoms with E-state index in [2.05, 4.69) is 16.0 Å². The van der Waals surface area contributed by atoms with Gasteiger partial charge in [0, 0.05) is 23.1 Å². The number of nitrogens with zero attached hydrogens (tertiary/aromatic N) is 3. The van der Waals surface area contributed by atoms with E-state index in [1.54, 1.807) is 40.1 Å². The predicted molar refractivity (Wildman–Crippen MR) is 116 cm³/mol. The molecule has 0 N–H and O–H groups in total. The Hall–Kier alpha value is -1.93. The topological polar surface area (TPSA) is 46.1 Å². The van der Waals surface area contributed by atoms with Gasteiger partial charge in [-0.2, -0.15) is 0 Å². The summed E-state index contributed by atoms with van der Waals surface area (Å²) in [4.78, 5) is 23.0. The van der Waals surface area contributed by atoms with E-state index >= 15 is 0 Å². The third kappa shape index (κ3) is 4.16. The average molecular weight is 432 g/mol. The van der Waals surface area contributed by atoms with Crippen LogP contribution in [0, 0.1) is 0 Å². The molecule has 0 bridgehead atoms. The van der Waals surface area contributed by atoms with Crippen molar-refractivity contribution >= 4 is 73.0 Å². The summed E-state index contributed by atoms with van der Waals surface area (Å²) in [6.07, 6.45) is 0. The zero-order valence-electron chi connectivity index (χ0n) is 14.3. The van der Waals surface area contributed by atoms with E-state index in [0.717, 1.165) is 21.2 Å². The van der Waals surface area contributed by atoms with E-state index in [4.69, 9.17) is 11.6 Å². The summed E-state index contributed by atoms with van der Waals surface area (Å²) >= 11 is 10.9. The first-order valence-electron chi connectivity index (χ1n) is 8.09. The summed E-state index contributed by atoms with van der Waals surface area (Å²) in [5, 5.41) is 3.21. The smallest absolute Gasteiger partial charge is 0.230 e. The molecule has 0 aliphatic carbocycles. The summed E-state index contributed by atoms with van der Waals surface area (Å²) in [5.74, 6) is 0.606. The molecule has 0 unspecified atom stereocenters. The Kier molecular flexibility index (Phi) is 5.45. The van der Waals surface area contributed by atoms with Crippen molar-refractivity contribution in [1.29, 1.82) is 0 Å². The molecule has 136 valence electrons. The van der Waals surface area contributed by atoms with Gasteiger partial charge in [-0.1, -0.05) is 41.6 Å². The SMILES string of the molecule is CC(=O)N(c1cccc(Cl)c1)c1nc(CSc2nc3ccccc3s2)cs1. The largest absolute Gasteiger partial charge is 0.274 e. The van der Waals surface area contributed by atoms with Gasteiger partial charge in [0.25, 0.3) is 0 Å². The van der Waals surface area contributed by atoms with E-state index in [1.165, 1.54) is 23.0 Å². The minimum absolute atomic E-state index is 0.100. The number of halogens is 1. The highest BCUT2D eigenvalue weighted by atomic mass is 35.5. The maximum absolute atomic E-state index is 12.2. The molecule has 0 spiro atoms. The quantitative estimate of drug-likeness (QED) is 0.344. The first-order chi connectivity index (χ1) is 13.1. The van der Waals surface area contributed by atoms with Gasteiger partial charge in [0.15, 0.2) is 9.47 Å². The number of para-hydroxylation sites is 1. The molecule has 27 heavy (non-hydrogen) atoms. The van der Waals surface area contributed by atoms with E-state index in [1.807, 2.05) is 35.7 Å². The van der Waals surface area contributed by atoms with Gasteiger partial charge >= 0.3 is 0 Å². The van der Waals surface area contributed by atoms with Crippen LogP contribution >= 0.6 is 46.0 Å². The molecule has 2 aromatic heterocycles. The minimum Gasteiger partial charge on any atom is -0.274 e.